The van der Waals surface area contributed by atoms with E-state index in [1.54, 1.807) is 11.8 Å². The Morgan fingerprint density at radius 3 is 2.54 bits per heavy atom. The highest BCUT2D eigenvalue weighted by molar-refractivity contribution is 7.98. The SMILES string of the molecule is CCOCCOCc1cccc(NC(=O)c2ccc(SC)cc2)c1. The Bertz CT molecular complexity index is 643. The zero-order valence-electron chi connectivity index (χ0n) is 14.1. The average Bonchev–Trinajstić information content (AvgIpc) is 2.62. The van der Waals surface area contributed by atoms with Gasteiger partial charge in [0.25, 0.3) is 5.91 Å². The van der Waals surface area contributed by atoms with Crippen molar-refractivity contribution in [1.82, 2.24) is 0 Å². The number of amides is 1. The third-order valence-corrected chi connectivity index (χ3v) is 4.13. The fourth-order valence-corrected chi connectivity index (χ4v) is 2.54. The molecule has 0 unspecified atom stereocenters. The van der Waals surface area contributed by atoms with E-state index in [9.17, 15) is 4.79 Å². The number of thioether (sulfide) groups is 1. The highest BCUT2D eigenvalue weighted by Gasteiger charge is 2.06. The molecule has 4 nitrogen and oxygen atoms in total. The maximum absolute atomic E-state index is 12.3. The fraction of sp³-hybridized carbons (Fsp3) is 0.316. The van der Waals surface area contributed by atoms with Crippen LogP contribution < -0.4 is 5.32 Å². The first-order valence-corrected chi connectivity index (χ1v) is 9.15. The molecule has 5 heteroatoms. The maximum atomic E-state index is 12.3. The number of ether oxygens (including phenoxy) is 2. The molecule has 0 fully saturated rings. The van der Waals surface area contributed by atoms with Gasteiger partial charge in [-0.2, -0.15) is 0 Å². The van der Waals surface area contributed by atoms with Crippen LogP contribution in [0.1, 0.15) is 22.8 Å². The van der Waals surface area contributed by atoms with E-state index in [4.69, 9.17) is 9.47 Å². The van der Waals surface area contributed by atoms with E-state index in [-0.39, 0.29) is 5.91 Å². The van der Waals surface area contributed by atoms with Gasteiger partial charge in [-0.05, 0) is 55.1 Å². The van der Waals surface area contributed by atoms with Crippen LogP contribution in [-0.4, -0.2) is 32.0 Å². The second-order valence-electron chi connectivity index (χ2n) is 5.13. The van der Waals surface area contributed by atoms with Gasteiger partial charge < -0.3 is 14.8 Å². The van der Waals surface area contributed by atoms with Crippen LogP contribution in [0.25, 0.3) is 0 Å². The van der Waals surface area contributed by atoms with Gasteiger partial charge in [-0.3, -0.25) is 4.79 Å². The van der Waals surface area contributed by atoms with Crippen LogP contribution >= 0.6 is 11.8 Å². The van der Waals surface area contributed by atoms with Gasteiger partial charge in [-0.15, -0.1) is 11.8 Å². The van der Waals surface area contributed by atoms with Crippen molar-refractivity contribution in [3.8, 4) is 0 Å². The second kappa shape index (κ2) is 10.1. The quantitative estimate of drug-likeness (QED) is 0.546. The number of hydrogen-bond donors (Lipinski definition) is 1. The van der Waals surface area contributed by atoms with Gasteiger partial charge in [0.1, 0.15) is 0 Å². The highest BCUT2D eigenvalue weighted by Crippen LogP contribution is 2.17. The molecule has 0 aliphatic rings. The first-order chi connectivity index (χ1) is 11.7. The number of nitrogens with one attached hydrogen (secondary N) is 1. The molecule has 2 rings (SSSR count). The molecule has 0 atom stereocenters. The zero-order chi connectivity index (χ0) is 17.2. The smallest absolute Gasteiger partial charge is 0.255 e. The van der Waals surface area contributed by atoms with Gasteiger partial charge in [0.15, 0.2) is 0 Å². The summed E-state index contributed by atoms with van der Waals surface area (Å²) < 4.78 is 10.8. The summed E-state index contributed by atoms with van der Waals surface area (Å²) >= 11 is 1.65. The first-order valence-electron chi connectivity index (χ1n) is 7.92. The van der Waals surface area contributed by atoms with Gasteiger partial charge in [0.05, 0.1) is 19.8 Å². The van der Waals surface area contributed by atoms with Crippen molar-refractivity contribution in [1.29, 1.82) is 0 Å². The Kier molecular flexibility index (Phi) is 7.82. The molecule has 0 radical (unpaired) electrons. The summed E-state index contributed by atoms with van der Waals surface area (Å²) in [7, 11) is 0. The van der Waals surface area contributed by atoms with E-state index in [0.29, 0.717) is 32.0 Å². The summed E-state index contributed by atoms with van der Waals surface area (Å²) in [5.41, 5.74) is 2.42. The van der Waals surface area contributed by atoms with Crippen LogP contribution in [0.4, 0.5) is 5.69 Å². The van der Waals surface area contributed by atoms with Gasteiger partial charge in [0, 0.05) is 22.8 Å². The van der Waals surface area contributed by atoms with E-state index < -0.39 is 0 Å². The number of rotatable bonds is 9. The van der Waals surface area contributed by atoms with Crippen molar-refractivity contribution in [2.45, 2.75) is 18.4 Å². The lowest BCUT2D eigenvalue weighted by Gasteiger charge is -2.09. The van der Waals surface area contributed by atoms with E-state index >= 15 is 0 Å². The van der Waals surface area contributed by atoms with Crippen molar-refractivity contribution in [3.05, 3.63) is 59.7 Å². The van der Waals surface area contributed by atoms with Crippen LogP contribution in [0.2, 0.25) is 0 Å². The Morgan fingerprint density at radius 1 is 1.08 bits per heavy atom. The van der Waals surface area contributed by atoms with E-state index in [0.717, 1.165) is 16.1 Å². The lowest BCUT2D eigenvalue weighted by Crippen LogP contribution is -2.12. The molecule has 2 aromatic rings. The monoisotopic (exact) mass is 345 g/mol. The number of carbonyl (C=O) groups is 1. The van der Waals surface area contributed by atoms with E-state index in [2.05, 4.69) is 5.32 Å². The fourth-order valence-electron chi connectivity index (χ4n) is 2.14. The van der Waals surface area contributed by atoms with Crippen molar-refractivity contribution in [2.75, 3.05) is 31.4 Å². The summed E-state index contributed by atoms with van der Waals surface area (Å²) in [6, 6.07) is 15.2. The molecular weight excluding hydrogens is 322 g/mol. The molecule has 0 aliphatic carbocycles. The summed E-state index contributed by atoms with van der Waals surface area (Å²) in [5, 5.41) is 2.92. The summed E-state index contributed by atoms with van der Waals surface area (Å²) in [6.45, 7) is 4.31. The number of carbonyl (C=O) groups excluding carboxylic acids is 1. The molecule has 1 N–H and O–H groups in total. The summed E-state index contributed by atoms with van der Waals surface area (Å²) in [5.74, 6) is -0.114. The lowest BCUT2D eigenvalue weighted by atomic mass is 10.2. The molecule has 0 spiro atoms. The van der Waals surface area contributed by atoms with Crippen LogP contribution in [0, 0.1) is 0 Å². The predicted molar refractivity (Wildman–Crippen MR) is 98.8 cm³/mol. The van der Waals surface area contributed by atoms with Gasteiger partial charge in [-0.1, -0.05) is 12.1 Å². The Balaban J connectivity index is 1.89. The molecule has 0 bridgehead atoms. The van der Waals surface area contributed by atoms with Crippen molar-refractivity contribution in [2.24, 2.45) is 0 Å². The summed E-state index contributed by atoms with van der Waals surface area (Å²) in [4.78, 5) is 13.4. The van der Waals surface area contributed by atoms with Crippen LogP contribution in [0.3, 0.4) is 0 Å². The van der Waals surface area contributed by atoms with Crippen molar-refractivity contribution >= 4 is 23.4 Å². The first kappa shape index (κ1) is 18.5. The topological polar surface area (TPSA) is 47.6 Å². The average molecular weight is 345 g/mol. The van der Waals surface area contributed by atoms with Crippen LogP contribution in [0.5, 0.6) is 0 Å². The normalized spacial score (nSPS) is 10.6. The third-order valence-electron chi connectivity index (χ3n) is 3.38. The largest absolute Gasteiger partial charge is 0.379 e. The molecule has 0 saturated carbocycles. The molecule has 128 valence electrons. The van der Waals surface area contributed by atoms with E-state index in [1.807, 2.05) is 61.7 Å². The van der Waals surface area contributed by atoms with E-state index in [1.165, 1.54) is 0 Å². The minimum absolute atomic E-state index is 0.114. The second-order valence-corrected chi connectivity index (χ2v) is 6.01. The lowest BCUT2D eigenvalue weighted by molar-refractivity contribution is 0.0453. The zero-order valence-corrected chi connectivity index (χ0v) is 14.9. The van der Waals surface area contributed by atoms with Gasteiger partial charge in [0.2, 0.25) is 0 Å². The standard InChI is InChI=1S/C19H23NO3S/c1-3-22-11-12-23-14-15-5-4-6-17(13-15)20-19(21)16-7-9-18(24-2)10-8-16/h4-10,13H,3,11-12,14H2,1-2H3,(H,20,21). The molecule has 0 saturated heterocycles. The third kappa shape index (κ3) is 6.00. The molecule has 0 aliphatic heterocycles. The molecular formula is C19H23NO3S. The van der Waals surface area contributed by atoms with Gasteiger partial charge >= 0.3 is 0 Å². The molecule has 1 amide bonds. The Morgan fingerprint density at radius 2 is 1.83 bits per heavy atom. The number of anilines is 1. The predicted octanol–water partition coefficient (Wildman–Crippen LogP) is 4.21. The highest BCUT2D eigenvalue weighted by atomic mass is 32.2. The number of hydrogen-bond acceptors (Lipinski definition) is 4. The molecule has 0 aromatic heterocycles. The van der Waals surface area contributed by atoms with Gasteiger partial charge in [-0.25, -0.2) is 0 Å². The molecule has 0 heterocycles. The molecule has 2 aromatic carbocycles. The number of benzene rings is 2. The minimum atomic E-state index is -0.114. The van der Waals surface area contributed by atoms with Crippen LogP contribution in [-0.2, 0) is 16.1 Å². The van der Waals surface area contributed by atoms with Crippen molar-refractivity contribution in [3.63, 3.8) is 0 Å². The minimum Gasteiger partial charge on any atom is -0.379 e. The Hall–Kier alpha value is -1.82. The van der Waals surface area contributed by atoms with Crippen molar-refractivity contribution < 1.29 is 14.3 Å². The molecule has 24 heavy (non-hydrogen) atoms. The Labute approximate surface area is 147 Å². The summed E-state index contributed by atoms with van der Waals surface area (Å²) in [6.07, 6.45) is 2.01. The van der Waals surface area contributed by atoms with Crippen LogP contribution in [0.15, 0.2) is 53.4 Å². The maximum Gasteiger partial charge on any atom is 0.255 e.